The quantitative estimate of drug-likeness (QED) is 0.625. The minimum Gasteiger partial charge on any atom is -0.464 e. The van der Waals surface area contributed by atoms with Gasteiger partial charge < -0.3 is 19.4 Å². The predicted octanol–water partition coefficient (Wildman–Crippen LogP) is 4.65. The Bertz CT molecular complexity index is 1060. The first-order valence-electron chi connectivity index (χ1n) is 12.4. The largest absolute Gasteiger partial charge is 0.464 e. The number of carbonyl (C=O) groups is 2. The summed E-state index contributed by atoms with van der Waals surface area (Å²) < 4.78 is 12.5. The number of pyridine rings is 1. The first kappa shape index (κ1) is 24.5. The Morgan fingerprint density at radius 3 is 2.44 bits per heavy atom. The van der Waals surface area contributed by atoms with Gasteiger partial charge in [-0.2, -0.15) is 0 Å². The lowest BCUT2D eigenvalue weighted by atomic mass is 9.89. The third-order valence-electron chi connectivity index (χ3n) is 7.03. The maximum atomic E-state index is 13.1. The molecule has 0 atom stereocenters. The number of hydrogen-bond donors (Lipinski definition) is 1. The monoisotopic (exact) mass is 467 g/mol. The number of esters is 1. The molecule has 2 aliphatic rings. The van der Waals surface area contributed by atoms with Crippen molar-refractivity contribution in [2.24, 2.45) is 5.92 Å². The number of nitrogens with one attached hydrogen (secondary N) is 1. The molecule has 1 saturated heterocycles. The van der Waals surface area contributed by atoms with E-state index >= 15 is 0 Å². The van der Waals surface area contributed by atoms with Gasteiger partial charge in [0.25, 0.3) is 5.91 Å². The molecule has 0 spiro atoms. The molecule has 1 aliphatic heterocycles. The Labute approximate surface area is 202 Å². The molecule has 2 fully saturated rings. The van der Waals surface area contributed by atoms with Gasteiger partial charge in [-0.1, -0.05) is 40.0 Å². The van der Waals surface area contributed by atoms with E-state index in [0.29, 0.717) is 24.7 Å². The van der Waals surface area contributed by atoms with Crippen molar-refractivity contribution < 1.29 is 19.1 Å². The first-order valence-corrected chi connectivity index (χ1v) is 12.4. The van der Waals surface area contributed by atoms with Gasteiger partial charge in [-0.05, 0) is 43.9 Å². The molecule has 184 valence electrons. The highest BCUT2D eigenvalue weighted by molar-refractivity contribution is 5.97. The van der Waals surface area contributed by atoms with E-state index in [1.165, 1.54) is 39.2 Å². The van der Waals surface area contributed by atoms with Crippen molar-refractivity contribution in [3.8, 4) is 11.3 Å². The number of aromatic nitrogens is 2. The fraction of sp³-hybridized carbons (Fsp3) is 0.593. The van der Waals surface area contributed by atoms with Gasteiger partial charge in [-0.25, -0.2) is 9.78 Å². The Morgan fingerprint density at radius 1 is 1.15 bits per heavy atom. The average Bonchev–Trinajstić information content (AvgIpc) is 3.11. The average molecular weight is 468 g/mol. The fourth-order valence-corrected chi connectivity index (χ4v) is 4.83. The van der Waals surface area contributed by atoms with Crippen LogP contribution in [0.1, 0.15) is 85.1 Å². The minimum absolute atomic E-state index is 0.0661. The SMILES string of the molecule is COC(=O)c1cc(-c2cc(C(=O)NC3COC3)c(C)n2CC2CCCCC2)cc(C(C)(C)C)n1. The van der Waals surface area contributed by atoms with E-state index in [1.807, 2.05) is 19.1 Å². The molecule has 1 aliphatic carbocycles. The summed E-state index contributed by atoms with van der Waals surface area (Å²) in [6, 6.07) is 5.86. The van der Waals surface area contributed by atoms with Crippen LogP contribution in [0.15, 0.2) is 18.2 Å². The van der Waals surface area contributed by atoms with Crippen molar-refractivity contribution in [3.63, 3.8) is 0 Å². The van der Waals surface area contributed by atoms with E-state index in [0.717, 1.165) is 29.2 Å². The molecule has 0 aromatic carbocycles. The number of hydrogen-bond acceptors (Lipinski definition) is 5. The van der Waals surface area contributed by atoms with Gasteiger partial charge in [-0.15, -0.1) is 0 Å². The topological polar surface area (TPSA) is 82.5 Å². The molecular weight excluding hydrogens is 430 g/mol. The lowest BCUT2D eigenvalue weighted by molar-refractivity contribution is -0.00347. The normalized spacial score (nSPS) is 17.3. The standard InChI is InChI=1S/C27H37N3O4/c1-17-21(25(31)28-20-15-34-16-20)13-23(30(17)14-18-9-7-6-8-10-18)19-11-22(26(32)33-5)29-24(12-19)27(2,3)4/h11-13,18,20H,6-10,14-16H2,1-5H3,(H,28,31). The number of carbonyl (C=O) groups excluding carboxylic acids is 2. The van der Waals surface area contributed by atoms with Gasteiger partial charge in [0.1, 0.15) is 5.69 Å². The molecule has 0 bridgehead atoms. The highest BCUT2D eigenvalue weighted by atomic mass is 16.5. The molecule has 1 N–H and O–H groups in total. The molecule has 4 rings (SSSR count). The first-order chi connectivity index (χ1) is 16.2. The summed E-state index contributed by atoms with van der Waals surface area (Å²) in [6.07, 6.45) is 6.22. The molecule has 0 radical (unpaired) electrons. The van der Waals surface area contributed by atoms with Crippen LogP contribution in [0.2, 0.25) is 0 Å². The van der Waals surface area contributed by atoms with Gasteiger partial charge >= 0.3 is 5.97 Å². The summed E-state index contributed by atoms with van der Waals surface area (Å²) in [5, 5.41) is 3.08. The van der Waals surface area contributed by atoms with Gasteiger partial charge in [0.2, 0.25) is 0 Å². The zero-order valence-corrected chi connectivity index (χ0v) is 21.1. The van der Waals surface area contributed by atoms with Crippen molar-refractivity contribution >= 4 is 11.9 Å². The highest BCUT2D eigenvalue weighted by Crippen LogP contribution is 2.33. The van der Waals surface area contributed by atoms with Crippen molar-refractivity contribution in [3.05, 3.63) is 40.8 Å². The zero-order valence-electron chi connectivity index (χ0n) is 21.1. The number of rotatable bonds is 6. The maximum Gasteiger partial charge on any atom is 0.356 e. The smallest absolute Gasteiger partial charge is 0.356 e. The van der Waals surface area contributed by atoms with Crippen LogP contribution in [0, 0.1) is 12.8 Å². The number of nitrogens with zero attached hydrogens (tertiary/aromatic N) is 2. The second kappa shape index (κ2) is 9.90. The van der Waals surface area contributed by atoms with Crippen molar-refractivity contribution in [1.29, 1.82) is 0 Å². The maximum absolute atomic E-state index is 13.1. The van der Waals surface area contributed by atoms with Crippen LogP contribution >= 0.6 is 0 Å². The molecule has 7 nitrogen and oxygen atoms in total. The van der Waals surface area contributed by atoms with Crippen molar-refractivity contribution in [2.75, 3.05) is 20.3 Å². The van der Waals surface area contributed by atoms with Crippen LogP contribution in [0.5, 0.6) is 0 Å². The third-order valence-corrected chi connectivity index (χ3v) is 7.03. The molecule has 3 heterocycles. The van der Waals surface area contributed by atoms with Crippen LogP contribution in [0.25, 0.3) is 11.3 Å². The summed E-state index contributed by atoms with van der Waals surface area (Å²) in [6.45, 7) is 10.2. The van der Waals surface area contributed by atoms with Crippen LogP contribution in [0.4, 0.5) is 0 Å². The summed E-state index contributed by atoms with van der Waals surface area (Å²) in [5.74, 6) is 0.0451. The molecule has 7 heteroatoms. The van der Waals surface area contributed by atoms with E-state index in [2.05, 4.69) is 35.6 Å². The van der Waals surface area contributed by atoms with Gasteiger partial charge in [0.15, 0.2) is 0 Å². The summed E-state index contributed by atoms with van der Waals surface area (Å²) in [4.78, 5) is 30.2. The summed E-state index contributed by atoms with van der Waals surface area (Å²) in [7, 11) is 1.37. The highest BCUT2D eigenvalue weighted by Gasteiger charge is 2.27. The van der Waals surface area contributed by atoms with Crippen LogP contribution in [-0.2, 0) is 21.4 Å². The van der Waals surface area contributed by atoms with Crippen molar-refractivity contribution in [1.82, 2.24) is 14.9 Å². The van der Waals surface area contributed by atoms with E-state index in [9.17, 15) is 9.59 Å². The third kappa shape index (κ3) is 5.19. The number of ether oxygens (including phenoxy) is 2. The zero-order chi connectivity index (χ0) is 24.5. The Hall–Kier alpha value is -2.67. The number of methoxy groups -OCH3 is 1. The molecule has 1 amide bonds. The van der Waals surface area contributed by atoms with Crippen molar-refractivity contribution in [2.45, 2.75) is 77.8 Å². The van der Waals surface area contributed by atoms with E-state index in [1.54, 1.807) is 6.07 Å². The second-order valence-corrected chi connectivity index (χ2v) is 10.7. The van der Waals surface area contributed by atoms with Gasteiger partial charge in [0, 0.05) is 34.6 Å². The predicted molar refractivity (Wildman–Crippen MR) is 131 cm³/mol. The minimum atomic E-state index is -0.461. The van der Waals surface area contributed by atoms with E-state index in [4.69, 9.17) is 9.47 Å². The van der Waals surface area contributed by atoms with Crippen LogP contribution < -0.4 is 5.32 Å². The van der Waals surface area contributed by atoms with E-state index < -0.39 is 5.97 Å². The number of amides is 1. The van der Waals surface area contributed by atoms with Crippen LogP contribution in [-0.4, -0.2) is 47.8 Å². The molecule has 2 aromatic heterocycles. The molecule has 34 heavy (non-hydrogen) atoms. The molecule has 2 aromatic rings. The lowest BCUT2D eigenvalue weighted by Gasteiger charge is -2.27. The summed E-state index contributed by atoms with van der Waals surface area (Å²) >= 11 is 0. The van der Waals surface area contributed by atoms with Crippen LogP contribution in [0.3, 0.4) is 0 Å². The second-order valence-electron chi connectivity index (χ2n) is 10.7. The molecule has 0 unspecified atom stereocenters. The van der Waals surface area contributed by atoms with E-state index in [-0.39, 0.29) is 23.1 Å². The summed E-state index contributed by atoms with van der Waals surface area (Å²) in [5.41, 5.74) is 4.29. The Balaban J connectivity index is 1.80. The van der Waals surface area contributed by atoms with Gasteiger partial charge in [-0.3, -0.25) is 4.79 Å². The lowest BCUT2D eigenvalue weighted by Crippen LogP contribution is -2.48. The molecular formula is C27H37N3O4. The fourth-order valence-electron chi connectivity index (χ4n) is 4.83. The molecule has 1 saturated carbocycles. The Kier molecular flexibility index (Phi) is 7.12. The van der Waals surface area contributed by atoms with Gasteiger partial charge in [0.05, 0.1) is 31.9 Å². The Morgan fingerprint density at radius 2 is 1.85 bits per heavy atom.